The van der Waals surface area contributed by atoms with E-state index in [-0.39, 0.29) is 36.6 Å². The largest absolute Gasteiger partial charge is 0.459 e. The molecule has 2 amide bonds. The third-order valence-electron chi connectivity index (χ3n) is 4.84. The van der Waals surface area contributed by atoms with Gasteiger partial charge in [0.05, 0.1) is 6.04 Å². The molecule has 1 aromatic heterocycles. The maximum atomic E-state index is 12.4. The normalized spacial score (nSPS) is 21.0. The highest BCUT2D eigenvalue weighted by atomic mass is 16.3. The van der Waals surface area contributed by atoms with Gasteiger partial charge in [0.15, 0.2) is 0 Å². The van der Waals surface area contributed by atoms with Gasteiger partial charge in [0, 0.05) is 29.5 Å². The van der Waals surface area contributed by atoms with Crippen LogP contribution in [0.1, 0.15) is 37.6 Å². The summed E-state index contributed by atoms with van der Waals surface area (Å²) in [6, 6.07) is 7.46. The first-order chi connectivity index (χ1) is 12.0. The Labute approximate surface area is 148 Å². The van der Waals surface area contributed by atoms with Crippen LogP contribution in [0.3, 0.4) is 0 Å². The monoisotopic (exact) mass is 342 g/mol. The Morgan fingerprint density at radius 3 is 2.72 bits per heavy atom. The molecule has 1 aromatic carbocycles. The number of hydrogen-bond acceptors (Lipinski definition) is 3. The lowest BCUT2D eigenvalue weighted by Crippen LogP contribution is -2.43. The average Bonchev–Trinajstić information content (AvgIpc) is 3.17. The molecule has 0 saturated heterocycles. The van der Waals surface area contributed by atoms with Gasteiger partial charge in [-0.05, 0) is 25.3 Å². The number of urea groups is 1. The smallest absolute Gasteiger partial charge is 0.315 e. The number of benzene rings is 1. The SMILES string of the molecule is Cc1c(C(NC(=O)N[C@@H]2C=C[C@H](CO)C2)C(C)C)oc2ccccc12. The highest BCUT2D eigenvalue weighted by Gasteiger charge is 2.26. The van der Waals surface area contributed by atoms with Crippen LogP contribution in [0.25, 0.3) is 11.0 Å². The van der Waals surface area contributed by atoms with Gasteiger partial charge in [0.1, 0.15) is 11.3 Å². The third kappa shape index (κ3) is 3.71. The van der Waals surface area contributed by atoms with Crippen molar-refractivity contribution in [3.8, 4) is 0 Å². The Bertz CT molecular complexity index is 778. The van der Waals surface area contributed by atoms with Gasteiger partial charge in [-0.1, -0.05) is 44.2 Å². The minimum atomic E-state index is -0.216. The van der Waals surface area contributed by atoms with Crippen LogP contribution in [-0.4, -0.2) is 23.8 Å². The molecule has 1 aliphatic rings. The van der Waals surface area contributed by atoms with Gasteiger partial charge in [0.25, 0.3) is 0 Å². The predicted molar refractivity (Wildman–Crippen MR) is 98.3 cm³/mol. The van der Waals surface area contributed by atoms with Gasteiger partial charge in [-0.15, -0.1) is 0 Å². The van der Waals surface area contributed by atoms with E-state index < -0.39 is 0 Å². The second kappa shape index (κ2) is 7.31. The van der Waals surface area contributed by atoms with Gasteiger partial charge in [-0.3, -0.25) is 0 Å². The second-order valence-electron chi connectivity index (χ2n) is 7.10. The maximum absolute atomic E-state index is 12.4. The summed E-state index contributed by atoms with van der Waals surface area (Å²) in [5.41, 5.74) is 1.91. The molecule has 1 aliphatic carbocycles. The van der Waals surface area contributed by atoms with Crippen LogP contribution in [-0.2, 0) is 0 Å². The van der Waals surface area contributed by atoms with Crippen molar-refractivity contribution in [2.24, 2.45) is 11.8 Å². The first-order valence-electron chi connectivity index (χ1n) is 8.83. The van der Waals surface area contributed by atoms with Crippen molar-refractivity contribution >= 4 is 17.0 Å². The summed E-state index contributed by atoms with van der Waals surface area (Å²) in [6.45, 7) is 6.27. The molecule has 3 rings (SSSR count). The van der Waals surface area contributed by atoms with Crippen molar-refractivity contribution in [1.82, 2.24) is 10.6 Å². The van der Waals surface area contributed by atoms with Crippen molar-refractivity contribution < 1.29 is 14.3 Å². The van der Waals surface area contributed by atoms with Gasteiger partial charge in [-0.25, -0.2) is 4.79 Å². The molecular weight excluding hydrogens is 316 g/mol. The van der Waals surface area contributed by atoms with E-state index in [1.807, 2.05) is 43.3 Å². The van der Waals surface area contributed by atoms with Crippen LogP contribution in [0.15, 0.2) is 40.8 Å². The van der Waals surface area contributed by atoms with Crippen LogP contribution in [0.5, 0.6) is 0 Å². The van der Waals surface area contributed by atoms with Gasteiger partial charge in [0.2, 0.25) is 0 Å². The van der Waals surface area contributed by atoms with Gasteiger partial charge < -0.3 is 20.2 Å². The molecule has 5 nitrogen and oxygen atoms in total. The maximum Gasteiger partial charge on any atom is 0.315 e. The summed E-state index contributed by atoms with van der Waals surface area (Å²) in [5.74, 6) is 1.12. The van der Waals surface area contributed by atoms with E-state index >= 15 is 0 Å². The zero-order chi connectivity index (χ0) is 18.0. The Balaban J connectivity index is 1.74. The molecule has 0 fully saturated rings. The molecule has 0 aliphatic heterocycles. The molecule has 134 valence electrons. The molecule has 0 spiro atoms. The lowest BCUT2D eigenvalue weighted by molar-refractivity contribution is 0.223. The second-order valence-corrected chi connectivity index (χ2v) is 7.10. The molecule has 0 radical (unpaired) electrons. The number of para-hydroxylation sites is 1. The number of aryl methyl sites for hydroxylation is 1. The van der Waals surface area contributed by atoms with E-state index in [2.05, 4.69) is 24.5 Å². The van der Waals surface area contributed by atoms with Crippen molar-refractivity contribution in [1.29, 1.82) is 0 Å². The number of nitrogens with one attached hydrogen (secondary N) is 2. The summed E-state index contributed by atoms with van der Waals surface area (Å²) < 4.78 is 6.04. The average molecular weight is 342 g/mol. The highest BCUT2D eigenvalue weighted by Crippen LogP contribution is 2.32. The Morgan fingerprint density at radius 2 is 2.08 bits per heavy atom. The number of carbonyl (C=O) groups is 1. The van der Waals surface area contributed by atoms with E-state index in [1.165, 1.54) is 0 Å². The van der Waals surface area contributed by atoms with Gasteiger partial charge in [-0.2, -0.15) is 0 Å². The van der Waals surface area contributed by atoms with E-state index in [9.17, 15) is 9.90 Å². The minimum absolute atomic E-state index is 0.0401. The fraction of sp³-hybridized carbons (Fsp3) is 0.450. The molecule has 0 saturated carbocycles. The number of amides is 2. The molecule has 3 atom stereocenters. The Morgan fingerprint density at radius 1 is 1.32 bits per heavy atom. The molecule has 2 aromatic rings. The molecule has 1 unspecified atom stereocenters. The number of aliphatic hydroxyl groups is 1. The van der Waals surface area contributed by atoms with Crippen molar-refractivity contribution in [3.63, 3.8) is 0 Å². The number of fused-ring (bicyclic) bond motifs is 1. The van der Waals surface area contributed by atoms with Crippen molar-refractivity contribution in [2.75, 3.05) is 6.61 Å². The van der Waals surface area contributed by atoms with Crippen LogP contribution in [0.4, 0.5) is 4.79 Å². The zero-order valence-electron chi connectivity index (χ0n) is 15.0. The molecular formula is C20H26N2O3. The first-order valence-corrected chi connectivity index (χ1v) is 8.83. The summed E-state index contributed by atoms with van der Waals surface area (Å²) >= 11 is 0. The van der Waals surface area contributed by atoms with E-state index in [4.69, 9.17) is 4.42 Å². The fourth-order valence-electron chi connectivity index (χ4n) is 3.39. The summed E-state index contributed by atoms with van der Waals surface area (Å²) in [6.07, 6.45) is 4.63. The van der Waals surface area contributed by atoms with Gasteiger partial charge >= 0.3 is 6.03 Å². The molecule has 25 heavy (non-hydrogen) atoms. The summed E-state index contributed by atoms with van der Waals surface area (Å²) in [5, 5.41) is 16.3. The fourth-order valence-corrected chi connectivity index (χ4v) is 3.39. The van der Waals surface area contributed by atoms with Crippen LogP contribution >= 0.6 is 0 Å². The molecule has 1 heterocycles. The Hall–Kier alpha value is -2.27. The quantitative estimate of drug-likeness (QED) is 0.726. The molecule has 3 N–H and O–H groups in total. The third-order valence-corrected chi connectivity index (χ3v) is 4.84. The Kier molecular flexibility index (Phi) is 5.13. The lowest BCUT2D eigenvalue weighted by Gasteiger charge is -2.23. The summed E-state index contributed by atoms with van der Waals surface area (Å²) in [4.78, 5) is 12.4. The van der Waals surface area contributed by atoms with Crippen LogP contribution in [0.2, 0.25) is 0 Å². The minimum Gasteiger partial charge on any atom is -0.459 e. The van der Waals surface area contributed by atoms with Crippen molar-refractivity contribution in [3.05, 3.63) is 47.7 Å². The van der Waals surface area contributed by atoms with Crippen molar-refractivity contribution in [2.45, 2.75) is 39.3 Å². The van der Waals surface area contributed by atoms with E-state index in [0.29, 0.717) is 0 Å². The lowest BCUT2D eigenvalue weighted by atomic mass is 9.98. The topological polar surface area (TPSA) is 74.5 Å². The number of carbonyl (C=O) groups excluding carboxylic acids is 1. The first kappa shape index (κ1) is 17.5. The highest BCUT2D eigenvalue weighted by molar-refractivity contribution is 5.82. The predicted octanol–water partition coefficient (Wildman–Crippen LogP) is 3.67. The molecule has 5 heteroatoms. The van der Waals surface area contributed by atoms with Crippen LogP contribution < -0.4 is 10.6 Å². The zero-order valence-corrected chi connectivity index (χ0v) is 15.0. The number of hydrogen-bond donors (Lipinski definition) is 3. The number of aliphatic hydroxyl groups excluding tert-OH is 1. The summed E-state index contributed by atoms with van der Waals surface area (Å²) in [7, 11) is 0. The molecule has 0 bridgehead atoms. The number of furan rings is 1. The van der Waals surface area contributed by atoms with E-state index in [0.717, 1.165) is 28.7 Å². The standard InChI is InChI=1S/C20H26N2O3/c1-12(2)18(19-13(3)16-6-4-5-7-17(16)25-19)22-20(24)21-15-9-8-14(10-15)11-23/h4-9,12,14-15,18,23H,10-11H2,1-3H3,(H2,21,22,24)/t14-,15+,18?/m0/s1. The van der Waals surface area contributed by atoms with E-state index in [1.54, 1.807) is 0 Å². The van der Waals surface area contributed by atoms with Crippen LogP contribution in [0, 0.1) is 18.8 Å². The number of rotatable bonds is 5.